The third kappa shape index (κ3) is 4.37. The van der Waals surface area contributed by atoms with Crippen molar-refractivity contribution in [3.63, 3.8) is 0 Å². The van der Waals surface area contributed by atoms with Gasteiger partial charge < -0.3 is 9.73 Å². The van der Waals surface area contributed by atoms with E-state index in [1.165, 1.54) is 5.56 Å². The summed E-state index contributed by atoms with van der Waals surface area (Å²) >= 11 is 3.38. The highest BCUT2D eigenvalue weighted by atomic mass is 79.9. The summed E-state index contributed by atoms with van der Waals surface area (Å²) < 4.78 is 6.10. The van der Waals surface area contributed by atoms with Crippen molar-refractivity contribution in [2.24, 2.45) is 0 Å². The third-order valence-corrected chi connectivity index (χ3v) is 4.52. The second-order valence-corrected chi connectivity index (χ2v) is 6.94. The summed E-state index contributed by atoms with van der Waals surface area (Å²) in [6.07, 6.45) is 1.65. The van der Waals surface area contributed by atoms with Crippen LogP contribution in [0.2, 0.25) is 0 Å². The Labute approximate surface area is 154 Å². The molecule has 128 valence electrons. The van der Waals surface area contributed by atoms with Crippen LogP contribution in [0, 0.1) is 0 Å². The van der Waals surface area contributed by atoms with E-state index < -0.39 is 11.5 Å². The molecule has 0 aliphatic heterocycles. The Morgan fingerprint density at radius 3 is 2.68 bits per heavy atom. The van der Waals surface area contributed by atoms with Gasteiger partial charge in [0, 0.05) is 15.9 Å². The summed E-state index contributed by atoms with van der Waals surface area (Å²) in [6.45, 7) is 1.93. The van der Waals surface area contributed by atoms with Gasteiger partial charge in [-0.15, -0.1) is 0 Å². The minimum atomic E-state index is -0.623. The molecule has 4 nitrogen and oxygen atoms in total. The van der Waals surface area contributed by atoms with Gasteiger partial charge in [0.05, 0.1) is 0 Å². The van der Waals surface area contributed by atoms with Gasteiger partial charge in [-0.1, -0.05) is 46.3 Å². The molecule has 2 aromatic carbocycles. The maximum absolute atomic E-state index is 12.4. The number of nitrogens with one attached hydrogen (secondary N) is 1. The lowest BCUT2D eigenvalue weighted by molar-refractivity contribution is 0.0935. The molecule has 1 aromatic heterocycles. The zero-order valence-corrected chi connectivity index (χ0v) is 15.4. The van der Waals surface area contributed by atoms with Crippen LogP contribution in [0.25, 0.3) is 11.0 Å². The first-order chi connectivity index (χ1) is 12.0. The lowest BCUT2D eigenvalue weighted by Gasteiger charge is -2.13. The van der Waals surface area contributed by atoms with Gasteiger partial charge in [0.25, 0.3) is 5.91 Å². The number of amides is 1. The Hall–Kier alpha value is -2.40. The summed E-state index contributed by atoms with van der Waals surface area (Å²) in [5, 5.41) is 3.58. The molecule has 3 rings (SSSR count). The van der Waals surface area contributed by atoms with Crippen LogP contribution >= 0.6 is 15.9 Å². The quantitative estimate of drug-likeness (QED) is 0.650. The van der Waals surface area contributed by atoms with Gasteiger partial charge in [-0.05, 0) is 49.6 Å². The van der Waals surface area contributed by atoms with Crippen LogP contribution in [0.5, 0.6) is 0 Å². The minimum absolute atomic E-state index is 0.0251. The highest BCUT2D eigenvalue weighted by molar-refractivity contribution is 9.10. The van der Waals surface area contributed by atoms with Crippen molar-refractivity contribution in [1.82, 2.24) is 5.32 Å². The van der Waals surface area contributed by atoms with E-state index in [-0.39, 0.29) is 11.6 Å². The van der Waals surface area contributed by atoms with Crippen molar-refractivity contribution in [3.05, 3.63) is 80.6 Å². The first kappa shape index (κ1) is 17.4. The second kappa shape index (κ2) is 7.66. The summed E-state index contributed by atoms with van der Waals surface area (Å²) in [4.78, 5) is 24.5. The number of benzene rings is 2. The van der Waals surface area contributed by atoms with Crippen LogP contribution in [-0.2, 0) is 6.42 Å². The Bertz CT molecular complexity index is 950. The molecule has 25 heavy (non-hydrogen) atoms. The maximum atomic E-state index is 12.4. The topological polar surface area (TPSA) is 59.3 Å². The number of carbonyl (C=O) groups is 1. The Morgan fingerprint density at radius 1 is 1.16 bits per heavy atom. The molecule has 0 spiro atoms. The lowest BCUT2D eigenvalue weighted by atomic mass is 10.1. The van der Waals surface area contributed by atoms with Gasteiger partial charge in [-0.3, -0.25) is 4.79 Å². The van der Waals surface area contributed by atoms with E-state index in [4.69, 9.17) is 4.42 Å². The molecule has 0 bridgehead atoms. The summed E-state index contributed by atoms with van der Waals surface area (Å²) in [5.41, 5.74) is 1.08. The predicted octanol–water partition coefficient (Wildman–Crippen LogP) is 4.31. The van der Waals surface area contributed by atoms with Crippen LogP contribution in [0.3, 0.4) is 0 Å². The fourth-order valence-electron chi connectivity index (χ4n) is 2.65. The van der Waals surface area contributed by atoms with E-state index in [2.05, 4.69) is 33.4 Å². The Balaban J connectivity index is 1.71. The number of fused-ring (bicyclic) bond motifs is 1. The Morgan fingerprint density at radius 2 is 1.92 bits per heavy atom. The van der Waals surface area contributed by atoms with Crippen LogP contribution in [0.4, 0.5) is 0 Å². The number of rotatable bonds is 5. The van der Waals surface area contributed by atoms with Crippen LogP contribution in [0.15, 0.2) is 68.3 Å². The molecule has 5 heteroatoms. The third-order valence-electron chi connectivity index (χ3n) is 4.03. The van der Waals surface area contributed by atoms with Gasteiger partial charge in [-0.25, -0.2) is 4.79 Å². The van der Waals surface area contributed by atoms with Crippen LogP contribution in [0.1, 0.15) is 29.3 Å². The molecule has 3 aromatic rings. The van der Waals surface area contributed by atoms with E-state index in [1.54, 1.807) is 18.2 Å². The highest BCUT2D eigenvalue weighted by Crippen LogP contribution is 2.19. The van der Waals surface area contributed by atoms with Crippen molar-refractivity contribution in [2.75, 3.05) is 0 Å². The molecule has 0 aliphatic carbocycles. The van der Waals surface area contributed by atoms with Crippen molar-refractivity contribution >= 4 is 32.8 Å². The summed E-state index contributed by atoms with van der Waals surface area (Å²) in [5.74, 6) is -0.406. The van der Waals surface area contributed by atoms with Crippen molar-refractivity contribution in [1.29, 1.82) is 0 Å². The van der Waals surface area contributed by atoms with Crippen LogP contribution in [-0.4, -0.2) is 11.9 Å². The smallest absolute Gasteiger partial charge is 0.349 e. The molecule has 0 unspecified atom stereocenters. The standard InChI is InChI=1S/C20H18BrNO3/c1-13(7-8-14-5-3-2-4-6-14)22-19(23)17-12-15-11-16(21)9-10-18(15)25-20(17)24/h2-6,9-13H,7-8H2,1H3,(H,22,23)/t13-/m1/s1. The van der Waals surface area contributed by atoms with Gasteiger partial charge in [0.1, 0.15) is 11.1 Å². The number of carbonyl (C=O) groups excluding carboxylic acids is 1. The fraction of sp³-hybridized carbons (Fsp3) is 0.200. The zero-order valence-electron chi connectivity index (χ0n) is 13.8. The molecule has 1 heterocycles. The number of halogens is 1. The lowest BCUT2D eigenvalue weighted by Crippen LogP contribution is -2.35. The maximum Gasteiger partial charge on any atom is 0.349 e. The largest absolute Gasteiger partial charge is 0.422 e. The molecular formula is C20H18BrNO3. The molecule has 0 fully saturated rings. The van der Waals surface area contributed by atoms with Crippen molar-refractivity contribution < 1.29 is 9.21 Å². The Kier molecular flexibility index (Phi) is 5.34. The molecule has 0 radical (unpaired) electrons. The monoisotopic (exact) mass is 399 g/mol. The normalized spacial score (nSPS) is 12.1. The number of hydrogen-bond donors (Lipinski definition) is 1. The van der Waals surface area contributed by atoms with Gasteiger partial charge in [0.2, 0.25) is 0 Å². The van der Waals surface area contributed by atoms with E-state index in [9.17, 15) is 9.59 Å². The van der Waals surface area contributed by atoms with Crippen LogP contribution < -0.4 is 10.9 Å². The minimum Gasteiger partial charge on any atom is -0.422 e. The molecule has 1 amide bonds. The molecule has 0 saturated heterocycles. The highest BCUT2D eigenvalue weighted by Gasteiger charge is 2.16. The summed E-state index contributed by atoms with van der Waals surface area (Å²) in [7, 11) is 0. The predicted molar refractivity (Wildman–Crippen MR) is 102 cm³/mol. The van der Waals surface area contributed by atoms with E-state index >= 15 is 0 Å². The van der Waals surface area contributed by atoms with E-state index in [1.807, 2.05) is 31.2 Å². The van der Waals surface area contributed by atoms with E-state index in [0.29, 0.717) is 11.0 Å². The average molecular weight is 400 g/mol. The molecule has 1 atom stereocenters. The fourth-order valence-corrected chi connectivity index (χ4v) is 3.03. The van der Waals surface area contributed by atoms with Gasteiger partial charge in [-0.2, -0.15) is 0 Å². The molecule has 0 aliphatic rings. The van der Waals surface area contributed by atoms with Gasteiger partial charge >= 0.3 is 5.63 Å². The zero-order chi connectivity index (χ0) is 17.8. The molecule has 1 N–H and O–H groups in total. The molecular weight excluding hydrogens is 382 g/mol. The van der Waals surface area contributed by atoms with E-state index in [0.717, 1.165) is 17.3 Å². The first-order valence-corrected chi connectivity index (χ1v) is 8.90. The SMILES string of the molecule is C[C@H](CCc1ccccc1)NC(=O)c1cc2cc(Br)ccc2oc1=O. The number of hydrogen-bond acceptors (Lipinski definition) is 3. The second-order valence-electron chi connectivity index (χ2n) is 6.03. The van der Waals surface area contributed by atoms with Gasteiger partial charge in [0.15, 0.2) is 0 Å². The molecule has 0 saturated carbocycles. The average Bonchev–Trinajstić information content (AvgIpc) is 2.60. The van der Waals surface area contributed by atoms with Crippen molar-refractivity contribution in [3.8, 4) is 0 Å². The summed E-state index contributed by atoms with van der Waals surface area (Å²) in [6, 6.07) is 16.9. The first-order valence-electron chi connectivity index (χ1n) is 8.11. The number of aryl methyl sites for hydroxylation is 1. The van der Waals surface area contributed by atoms with Crippen molar-refractivity contribution in [2.45, 2.75) is 25.8 Å².